The highest BCUT2D eigenvalue weighted by molar-refractivity contribution is 6.35. The number of benzene rings is 2. The van der Waals surface area contributed by atoms with E-state index in [1.54, 1.807) is 32.1 Å². The van der Waals surface area contributed by atoms with Crippen LogP contribution in [0, 0.1) is 13.8 Å². The molecule has 0 fully saturated rings. The van der Waals surface area contributed by atoms with E-state index in [1.165, 1.54) is 0 Å². The van der Waals surface area contributed by atoms with Crippen LogP contribution < -0.4 is 5.56 Å². The summed E-state index contributed by atoms with van der Waals surface area (Å²) >= 11 is 6.27. The van der Waals surface area contributed by atoms with Crippen LogP contribution in [0.4, 0.5) is 0 Å². The summed E-state index contributed by atoms with van der Waals surface area (Å²) in [5.41, 5.74) is 3.03. The fourth-order valence-electron chi connectivity index (χ4n) is 2.92. The molecule has 0 saturated carbocycles. The predicted molar refractivity (Wildman–Crippen MR) is 107 cm³/mol. The SMILES string of the molecule is Cc1cc(C)c(C(=O)/C(=C/c2ccccc2Cl)c2ccccc2)c(=O)[nH]1. The summed E-state index contributed by atoms with van der Waals surface area (Å²) in [4.78, 5) is 28.4. The van der Waals surface area contributed by atoms with Gasteiger partial charge in [-0.1, -0.05) is 60.1 Å². The first-order chi connectivity index (χ1) is 12.5. The highest BCUT2D eigenvalue weighted by Crippen LogP contribution is 2.26. The minimum absolute atomic E-state index is 0.151. The van der Waals surface area contributed by atoms with E-state index in [4.69, 9.17) is 11.6 Å². The molecule has 0 aliphatic rings. The highest BCUT2D eigenvalue weighted by Gasteiger charge is 2.20. The second-order valence-corrected chi connectivity index (χ2v) is 6.52. The summed E-state index contributed by atoms with van der Waals surface area (Å²) in [5.74, 6) is -0.324. The Balaban J connectivity index is 2.21. The lowest BCUT2D eigenvalue weighted by Crippen LogP contribution is -2.21. The Bertz CT molecular complexity index is 1050. The van der Waals surface area contributed by atoms with Crippen LogP contribution in [0.5, 0.6) is 0 Å². The van der Waals surface area contributed by atoms with Gasteiger partial charge in [0.25, 0.3) is 5.56 Å². The summed E-state index contributed by atoms with van der Waals surface area (Å²) in [6.07, 6.45) is 1.73. The molecule has 2 aromatic carbocycles. The second-order valence-electron chi connectivity index (χ2n) is 6.11. The minimum Gasteiger partial charge on any atom is -0.326 e. The molecule has 0 saturated heterocycles. The molecular weight excluding hydrogens is 346 g/mol. The molecule has 0 spiro atoms. The molecule has 0 aliphatic carbocycles. The van der Waals surface area contributed by atoms with E-state index >= 15 is 0 Å². The summed E-state index contributed by atoms with van der Waals surface area (Å²) in [5, 5.41) is 0.545. The zero-order valence-electron chi connectivity index (χ0n) is 14.5. The van der Waals surface area contributed by atoms with Crippen LogP contribution in [0.3, 0.4) is 0 Å². The van der Waals surface area contributed by atoms with E-state index in [1.807, 2.05) is 48.5 Å². The van der Waals surface area contributed by atoms with Crippen LogP contribution in [0.25, 0.3) is 11.6 Å². The number of allylic oxidation sites excluding steroid dienone is 1. The molecule has 3 aromatic rings. The van der Waals surface area contributed by atoms with E-state index in [9.17, 15) is 9.59 Å². The monoisotopic (exact) mass is 363 g/mol. The molecule has 0 amide bonds. The van der Waals surface area contributed by atoms with Crippen molar-refractivity contribution < 1.29 is 4.79 Å². The molecule has 1 heterocycles. The average molecular weight is 364 g/mol. The fourth-order valence-corrected chi connectivity index (χ4v) is 3.11. The summed E-state index contributed by atoms with van der Waals surface area (Å²) < 4.78 is 0. The fraction of sp³-hybridized carbons (Fsp3) is 0.0909. The molecule has 130 valence electrons. The second kappa shape index (κ2) is 7.54. The summed E-state index contributed by atoms with van der Waals surface area (Å²) in [7, 11) is 0. The van der Waals surface area contributed by atoms with Crippen LogP contribution in [0.1, 0.15) is 32.7 Å². The molecular formula is C22H18ClNO2. The van der Waals surface area contributed by atoms with Crippen molar-refractivity contribution in [1.29, 1.82) is 0 Å². The van der Waals surface area contributed by atoms with Crippen molar-refractivity contribution >= 4 is 29.0 Å². The number of nitrogens with one attached hydrogen (secondary N) is 1. The number of carbonyl (C=O) groups is 1. The van der Waals surface area contributed by atoms with Crippen molar-refractivity contribution in [1.82, 2.24) is 4.98 Å². The van der Waals surface area contributed by atoms with E-state index < -0.39 is 0 Å². The third-order valence-corrected chi connectivity index (χ3v) is 4.47. The van der Waals surface area contributed by atoms with Crippen molar-refractivity contribution in [3.05, 3.63) is 104 Å². The number of halogens is 1. The largest absolute Gasteiger partial charge is 0.326 e. The smallest absolute Gasteiger partial charge is 0.259 e. The Kier molecular flexibility index (Phi) is 5.19. The number of hydrogen-bond donors (Lipinski definition) is 1. The lowest BCUT2D eigenvalue weighted by Gasteiger charge is -2.10. The summed E-state index contributed by atoms with van der Waals surface area (Å²) in [6.45, 7) is 3.56. The zero-order valence-corrected chi connectivity index (χ0v) is 15.3. The number of hydrogen-bond acceptors (Lipinski definition) is 2. The Morgan fingerprint density at radius 1 is 1.00 bits per heavy atom. The summed E-state index contributed by atoms with van der Waals surface area (Å²) in [6, 6.07) is 18.4. The van der Waals surface area contributed by atoms with Crippen molar-refractivity contribution in [2.45, 2.75) is 13.8 Å². The standard InChI is InChI=1S/C22H18ClNO2/c1-14-12-15(2)24-22(26)20(14)21(25)18(16-8-4-3-5-9-16)13-17-10-6-7-11-19(17)23/h3-13H,1-2H3,(H,24,26)/b18-13+. The van der Waals surface area contributed by atoms with Crippen molar-refractivity contribution in [2.24, 2.45) is 0 Å². The lowest BCUT2D eigenvalue weighted by atomic mass is 9.93. The molecule has 3 rings (SSSR count). The average Bonchev–Trinajstić information content (AvgIpc) is 2.60. The van der Waals surface area contributed by atoms with Gasteiger partial charge in [-0.05, 0) is 48.7 Å². The number of ketones is 1. The van der Waals surface area contributed by atoms with Gasteiger partial charge in [0.1, 0.15) is 0 Å². The van der Waals surface area contributed by atoms with Crippen LogP contribution in [0.2, 0.25) is 5.02 Å². The van der Waals surface area contributed by atoms with Gasteiger partial charge in [0.2, 0.25) is 0 Å². The number of aromatic amines is 1. The number of Topliss-reactive ketones (excluding diaryl/α,β-unsaturated/α-hetero) is 1. The first kappa shape index (κ1) is 17.9. The number of pyridine rings is 1. The molecule has 1 N–H and O–H groups in total. The van der Waals surface area contributed by atoms with Crippen LogP contribution >= 0.6 is 11.6 Å². The van der Waals surface area contributed by atoms with Gasteiger partial charge in [0.15, 0.2) is 5.78 Å². The molecule has 26 heavy (non-hydrogen) atoms. The Labute approximate surface area is 157 Å². The number of carbonyl (C=O) groups excluding carboxylic acids is 1. The van der Waals surface area contributed by atoms with E-state index in [-0.39, 0.29) is 16.9 Å². The first-order valence-electron chi connectivity index (χ1n) is 8.24. The van der Waals surface area contributed by atoms with E-state index in [2.05, 4.69) is 4.98 Å². The van der Waals surface area contributed by atoms with Gasteiger partial charge >= 0.3 is 0 Å². The Morgan fingerprint density at radius 2 is 1.65 bits per heavy atom. The van der Waals surface area contributed by atoms with Gasteiger partial charge in [-0.15, -0.1) is 0 Å². The van der Waals surface area contributed by atoms with Gasteiger partial charge in [0, 0.05) is 16.3 Å². The highest BCUT2D eigenvalue weighted by atomic mass is 35.5. The van der Waals surface area contributed by atoms with Gasteiger partial charge in [-0.3, -0.25) is 9.59 Å². The number of H-pyrrole nitrogens is 1. The molecule has 0 radical (unpaired) electrons. The zero-order chi connectivity index (χ0) is 18.7. The third-order valence-electron chi connectivity index (χ3n) is 4.13. The Hall–Kier alpha value is -2.91. The van der Waals surface area contributed by atoms with Gasteiger partial charge in [-0.2, -0.15) is 0 Å². The lowest BCUT2D eigenvalue weighted by molar-refractivity contribution is 0.105. The van der Waals surface area contributed by atoms with Crippen LogP contribution in [0.15, 0.2) is 65.5 Å². The Morgan fingerprint density at radius 3 is 2.31 bits per heavy atom. The topological polar surface area (TPSA) is 49.9 Å². The van der Waals surface area contributed by atoms with E-state index in [0.29, 0.717) is 16.2 Å². The predicted octanol–water partition coefficient (Wildman–Crippen LogP) is 5.07. The number of aromatic nitrogens is 1. The molecule has 4 heteroatoms. The van der Waals surface area contributed by atoms with Crippen molar-refractivity contribution in [2.75, 3.05) is 0 Å². The minimum atomic E-state index is -0.381. The molecule has 3 nitrogen and oxygen atoms in total. The van der Waals surface area contributed by atoms with Gasteiger partial charge < -0.3 is 4.98 Å². The number of rotatable bonds is 4. The number of aryl methyl sites for hydroxylation is 2. The van der Waals surface area contributed by atoms with Crippen LogP contribution in [-0.4, -0.2) is 10.8 Å². The maximum Gasteiger partial charge on any atom is 0.259 e. The van der Waals surface area contributed by atoms with Gasteiger partial charge in [-0.25, -0.2) is 0 Å². The molecule has 1 aromatic heterocycles. The van der Waals surface area contributed by atoms with Gasteiger partial charge in [0.05, 0.1) is 5.56 Å². The molecule has 0 unspecified atom stereocenters. The first-order valence-corrected chi connectivity index (χ1v) is 8.62. The van der Waals surface area contributed by atoms with Crippen LogP contribution in [-0.2, 0) is 0 Å². The molecule has 0 atom stereocenters. The molecule has 0 bridgehead atoms. The normalized spacial score (nSPS) is 11.4. The van der Waals surface area contributed by atoms with E-state index in [0.717, 1.165) is 16.8 Å². The quantitative estimate of drug-likeness (QED) is 0.399. The maximum absolute atomic E-state index is 13.3. The van der Waals surface area contributed by atoms with Crippen molar-refractivity contribution in [3.8, 4) is 0 Å². The maximum atomic E-state index is 13.3. The van der Waals surface area contributed by atoms with Crippen molar-refractivity contribution in [3.63, 3.8) is 0 Å². The molecule has 0 aliphatic heterocycles. The third kappa shape index (κ3) is 3.68.